The molecule has 0 aliphatic rings. The van der Waals surface area contributed by atoms with Gasteiger partial charge in [0.2, 0.25) is 0 Å². The van der Waals surface area contributed by atoms with Crippen LogP contribution in [0.15, 0.2) is 70.9 Å². The normalized spacial score (nSPS) is 11.4. The summed E-state index contributed by atoms with van der Waals surface area (Å²) in [4.78, 5) is 23.3. The smallest absolute Gasteiger partial charge is 0.352 e. The first-order valence-corrected chi connectivity index (χ1v) is 7.99. The summed E-state index contributed by atoms with van der Waals surface area (Å²) in [5.41, 5.74) is 1.91. The van der Waals surface area contributed by atoms with E-state index in [4.69, 9.17) is 14.7 Å². The van der Waals surface area contributed by atoms with E-state index in [2.05, 4.69) is 16.8 Å². The maximum absolute atomic E-state index is 11.9. The molecule has 0 heterocycles. The van der Waals surface area contributed by atoms with Crippen molar-refractivity contribution in [2.75, 3.05) is 0 Å². The van der Waals surface area contributed by atoms with Gasteiger partial charge in [0, 0.05) is 5.57 Å². The molecule has 2 rings (SSSR count). The summed E-state index contributed by atoms with van der Waals surface area (Å²) in [6.07, 6.45) is -1.05. The minimum atomic E-state index is -1.05. The standard InChI is InChI=1S/C20H17N3O4/c1-13(2)19(24)26-14(3)20(25)27-18-10-8-17(9-11-18)23-22-16-6-4-15(12-21)5-7-16/h4-11,14H,1H2,2-3H3/t14-/m0/s1. The van der Waals surface area contributed by atoms with Gasteiger partial charge in [-0.25, -0.2) is 9.59 Å². The van der Waals surface area contributed by atoms with Gasteiger partial charge in [-0.05, 0) is 62.4 Å². The largest absolute Gasteiger partial charge is 0.447 e. The van der Waals surface area contributed by atoms with Crippen molar-refractivity contribution in [2.45, 2.75) is 20.0 Å². The molecule has 0 radical (unpaired) electrons. The summed E-state index contributed by atoms with van der Waals surface area (Å²) >= 11 is 0. The highest BCUT2D eigenvalue weighted by Gasteiger charge is 2.20. The Labute approximate surface area is 156 Å². The fourth-order valence-electron chi connectivity index (χ4n) is 1.81. The maximum atomic E-state index is 11.9. The molecule has 0 N–H and O–H groups in total. The van der Waals surface area contributed by atoms with Crippen LogP contribution in [0.2, 0.25) is 0 Å². The highest BCUT2D eigenvalue weighted by atomic mass is 16.6. The molecule has 7 nitrogen and oxygen atoms in total. The highest BCUT2D eigenvalue weighted by molar-refractivity contribution is 5.89. The Morgan fingerprint density at radius 3 is 2.04 bits per heavy atom. The lowest BCUT2D eigenvalue weighted by atomic mass is 10.2. The van der Waals surface area contributed by atoms with E-state index in [9.17, 15) is 9.59 Å². The van der Waals surface area contributed by atoms with Crippen LogP contribution >= 0.6 is 0 Å². The predicted molar refractivity (Wildman–Crippen MR) is 97.8 cm³/mol. The van der Waals surface area contributed by atoms with Crippen molar-refractivity contribution in [3.05, 3.63) is 66.2 Å². The van der Waals surface area contributed by atoms with Crippen LogP contribution in [0.4, 0.5) is 11.4 Å². The molecule has 0 saturated heterocycles. The molecule has 0 unspecified atom stereocenters. The summed E-state index contributed by atoms with van der Waals surface area (Å²) in [6.45, 7) is 6.36. The monoisotopic (exact) mass is 363 g/mol. The molecule has 0 saturated carbocycles. The molecule has 136 valence electrons. The summed E-state index contributed by atoms with van der Waals surface area (Å²) < 4.78 is 10.1. The number of carbonyl (C=O) groups excluding carboxylic acids is 2. The Kier molecular flexibility index (Phi) is 6.55. The van der Waals surface area contributed by atoms with Crippen molar-refractivity contribution in [3.63, 3.8) is 0 Å². The first-order chi connectivity index (χ1) is 12.9. The van der Waals surface area contributed by atoms with E-state index in [1.54, 1.807) is 48.5 Å². The first-order valence-electron chi connectivity index (χ1n) is 7.99. The van der Waals surface area contributed by atoms with Crippen molar-refractivity contribution < 1.29 is 19.1 Å². The number of nitriles is 1. The topological polar surface area (TPSA) is 101 Å². The van der Waals surface area contributed by atoms with E-state index in [0.29, 0.717) is 16.9 Å². The Morgan fingerprint density at radius 1 is 1.04 bits per heavy atom. The van der Waals surface area contributed by atoms with Crippen LogP contribution in [-0.4, -0.2) is 18.0 Å². The van der Waals surface area contributed by atoms with Crippen LogP contribution in [0.25, 0.3) is 0 Å². The second kappa shape index (κ2) is 9.06. The van der Waals surface area contributed by atoms with Crippen molar-refractivity contribution in [1.29, 1.82) is 5.26 Å². The van der Waals surface area contributed by atoms with Gasteiger partial charge in [0.1, 0.15) is 5.75 Å². The number of benzene rings is 2. The minimum Gasteiger partial charge on any atom is -0.447 e. The van der Waals surface area contributed by atoms with Gasteiger partial charge in [-0.2, -0.15) is 15.5 Å². The molecule has 1 atom stereocenters. The molecule has 0 amide bonds. The molecule has 2 aromatic carbocycles. The quantitative estimate of drug-likeness (QED) is 0.328. The average molecular weight is 363 g/mol. The van der Waals surface area contributed by atoms with E-state index in [0.717, 1.165) is 0 Å². The van der Waals surface area contributed by atoms with Crippen LogP contribution in [0.1, 0.15) is 19.4 Å². The minimum absolute atomic E-state index is 0.201. The van der Waals surface area contributed by atoms with Gasteiger partial charge in [0.25, 0.3) is 0 Å². The van der Waals surface area contributed by atoms with Crippen LogP contribution in [0.5, 0.6) is 5.75 Å². The molecule has 0 aliphatic heterocycles. The number of nitrogens with zero attached hydrogens (tertiary/aromatic N) is 3. The zero-order valence-corrected chi connectivity index (χ0v) is 14.9. The van der Waals surface area contributed by atoms with Crippen LogP contribution in [0.3, 0.4) is 0 Å². The number of azo groups is 1. The Bertz CT molecular complexity index is 910. The Hall–Kier alpha value is -3.79. The molecule has 7 heteroatoms. The second-order valence-electron chi connectivity index (χ2n) is 5.60. The SMILES string of the molecule is C=C(C)C(=O)O[C@@H](C)C(=O)Oc1ccc(N=Nc2ccc(C#N)cc2)cc1. The first kappa shape index (κ1) is 19.5. The third-order valence-corrected chi connectivity index (χ3v) is 3.30. The molecule has 2 aromatic rings. The van der Waals surface area contributed by atoms with Crippen molar-refractivity contribution in [2.24, 2.45) is 10.2 Å². The predicted octanol–water partition coefficient (Wildman–Crippen LogP) is 4.39. The second-order valence-corrected chi connectivity index (χ2v) is 5.60. The lowest BCUT2D eigenvalue weighted by Crippen LogP contribution is -2.28. The zero-order chi connectivity index (χ0) is 19.8. The van der Waals surface area contributed by atoms with E-state index >= 15 is 0 Å². The van der Waals surface area contributed by atoms with E-state index in [-0.39, 0.29) is 11.3 Å². The van der Waals surface area contributed by atoms with Gasteiger partial charge in [-0.15, -0.1) is 0 Å². The number of rotatable bonds is 6. The van der Waals surface area contributed by atoms with Gasteiger partial charge >= 0.3 is 11.9 Å². The zero-order valence-electron chi connectivity index (χ0n) is 14.9. The molecule has 0 fully saturated rings. The number of hydrogen-bond acceptors (Lipinski definition) is 7. The Morgan fingerprint density at radius 2 is 1.56 bits per heavy atom. The lowest BCUT2D eigenvalue weighted by Gasteiger charge is -2.12. The van der Waals surface area contributed by atoms with Gasteiger partial charge in [0.05, 0.1) is 23.0 Å². The van der Waals surface area contributed by atoms with Gasteiger partial charge in [-0.3, -0.25) is 0 Å². The molecular weight excluding hydrogens is 346 g/mol. The third-order valence-electron chi connectivity index (χ3n) is 3.30. The molecule has 0 spiro atoms. The van der Waals surface area contributed by atoms with Crippen molar-refractivity contribution in [3.8, 4) is 11.8 Å². The molecule has 0 aliphatic carbocycles. The van der Waals surface area contributed by atoms with E-state index < -0.39 is 18.0 Å². The van der Waals surface area contributed by atoms with Gasteiger partial charge < -0.3 is 9.47 Å². The van der Waals surface area contributed by atoms with Gasteiger partial charge in [0.15, 0.2) is 6.10 Å². The average Bonchev–Trinajstić information content (AvgIpc) is 2.67. The fraction of sp³-hybridized carbons (Fsp3) is 0.150. The summed E-state index contributed by atoms with van der Waals surface area (Å²) in [5, 5.41) is 16.9. The summed E-state index contributed by atoms with van der Waals surface area (Å²) in [7, 11) is 0. The number of hydrogen-bond donors (Lipinski definition) is 0. The molecule has 0 bridgehead atoms. The lowest BCUT2D eigenvalue weighted by molar-refractivity contribution is -0.158. The number of ether oxygens (including phenoxy) is 2. The van der Waals surface area contributed by atoms with Crippen molar-refractivity contribution in [1.82, 2.24) is 0 Å². The van der Waals surface area contributed by atoms with E-state index in [1.165, 1.54) is 13.8 Å². The molecule has 0 aromatic heterocycles. The molecule has 27 heavy (non-hydrogen) atoms. The van der Waals surface area contributed by atoms with Crippen LogP contribution in [-0.2, 0) is 14.3 Å². The highest BCUT2D eigenvalue weighted by Crippen LogP contribution is 2.22. The Balaban J connectivity index is 1.95. The number of carbonyl (C=O) groups is 2. The summed E-state index contributed by atoms with van der Waals surface area (Å²) in [5.74, 6) is -1.06. The number of esters is 2. The third kappa shape index (κ3) is 5.90. The van der Waals surface area contributed by atoms with Crippen molar-refractivity contribution >= 4 is 23.3 Å². The maximum Gasteiger partial charge on any atom is 0.352 e. The van der Waals surface area contributed by atoms with Crippen LogP contribution < -0.4 is 4.74 Å². The summed E-state index contributed by atoms with van der Waals surface area (Å²) in [6, 6.07) is 15.1. The van der Waals surface area contributed by atoms with Crippen LogP contribution in [0, 0.1) is 11.3 Å². The molecular formula is C20H17N3O4. The van der Waals surface area contributed by atoms with Gasteiger partial charge in [-0.1, -0.05) is 6.58 Å². The fourth-order valence-corrected chi connectivity index (χ4v) is 1.81. The van der Waals surface area contributed by atoms with E-state index in [1.807, 2.05) is 6.07 Å².